The lowest BCUT2D eigenvalue weighted by Crippen LogP contribution is -2.53. The molecule has 1 aliphatic rings. The molecule has 1 N–H and O–H groups in total. The third-order valence-corrected chi connectivity index (χ3v) is 3.06. The molecule has 0 saturated carbocycles. The van der Waals surface area contributed by atoms with Crippen LogP contribution in [0.2, 0.25) is 0 Å². The van der Waals surface area contributed by atoms with Crippen LogP contribution in [0.1, 0.15) is 5.56 Å². The molecule has 1 aromatic carbocycles. The Morgan fingerprint density at radius 3 is 2.83 bits per heavy atom. The summed E-state index contributed by atoms with van der Waals surface area (Å²) >= 11 is 0. The van der Waals surface area contributed by atoms with Crippen molar-refractivity contribution < 1.29 is 19.0 Å². The van der Waals surface area contributed by atoms with Gasteiger partial charge in [0.15, 0.2) is 5.82 Å². The van der Waals surface area contributed by atoms with Gasteiger partial charge in [0.25, 0.3) is 0 Å². The zero-order valence-electron chi connectivity index (χ0n) is 10.4. The SMILES string of the molecule is COCCOC1CN(c2cccc(CO)c2F)C1. The number of hydrogen-bond donors (Lipinski definition) is 1. The third-order valence-electron chi connectivity index (χ3n) is 3.06. The van der Waals surface area contributed by atoms with Gasteiger partial charge in [-0.3, -0.25) is 0 Å². The first-order valence-electron chi connectivity index (χ1n) is 6.00. The summed E-state index contributed by atoms with van der Waals surface area (Å²) in [5.41, 5.74) is 0.865. The van der Waals surface area contributed by atoms with E-state index < -0.39 is 0 Å². The highest BCUT2D eigenvalue weighted by molar-refractivity contribution is 5.52. The average molecular weight is 255 g/mol. The molecule has 0 bridgehead atoms. The number of hydrogen-bond acceptors (Lipinski definition) is 4. The largest absolute Gasteiger partial charge is 0.392 e. The van der Waals surface area contributed by atoms with Crippen LogP contribution in [0.15, 0.2) is 18.2 Å². The van der Waals surface area contributed by atoms with E-state index in [1.165, 1.54) is 0 Å². The second-order valence-corrected chi connectivity index (χ2v) is 4.30. The monoisotopic (exact) mass is 255 g/mol. The van der Waals surface area contributed by atoms with E-state index in [2.05, 4.69) is 0 Å². The van der Waals surface area contributed by atoms with Crippen LogP contribution in [0.25, 0.3) is 0 Å². The highest BCUT2D eigenvalue weighted by Gasteiger charge is 2.29. The molecule has 0 amide bonds. The first kappa shape index (κ1) is 13.3. The molecule has 1 aromatic rings. The fourth-order valence-corrected chi connectivity index (χ4v) is 1.97. The van der Waals surface area contributed by atoms with Crippen LogP contribution in [0, 0.1) is 5.82 Å². The third kappa shape index (κ3) is 2.80. The van der Waals surface area contributed by atoms with E-state index in [1.807, 2.05) is 4.90 Å². The minimum absolute atomic E-state index is 0.136. The molecule has 18 heavy (non-hydrogen) atoms. The van der Waals surface area contributed by atoms with Crippen LogP contribution >= 0.6 is 0 Å². The maximum atomic E-state index is 13.9. The lowest BCUT2D eigenvalue weighted by Gasteiger charge is -2.40. The number of halogens is 1. The minimum atomic E-state index is -0.338. The average Bonchev–Trinajstić information content (AvgIpc) is 2.33. The summed E-state index contributed by atoms with van der Waals surface area (Å²) in [4.78, 5) is 1.91. The molecule has 2 rings (SSSR count). The van der Waals surface area contributed by atoms with Gasteiger partial charge in [-0.1, -0.05) is 12.1 Å². The number of benzene rings is 1. The van der Waals surface area contributed by atoms with Crippen molar-refractivity contribution in [2.24, 2.45) is 0 Å². The molecule has 0 atom stereocenters. The molecule has 0 aliphatic carbocycles. The van der Waals surface area contributed by atoms with E-state index >= 15 is 0 Å². The van der Waals surface area contributed by atoms with Gasteiger partial charge in [0.05, 0.1) is 31.6 Å². The smallest absolute Gasteiger partial charge is 0.151 e. The normalized spacial score (nSPS) is 15.8. The minimum Gasteiger partial charge on any atom is -0.392 e. The number of methoxy groups -OCH3 is 1. The highest BCUT2D eigenvalue weighted by Crippen LogP contribution is 2.27. The van der Waals surface area contributed by atoms with E-state index in [9.17, 15) is 4.39 Å². The van der Waals surface area contributed by atoms with Crippen molar-refractivity contribution in [3.8, 4) is 0 Å². The topological polar surface area (TPSA) is 41.9 Å². The summed E-state index contributed by atoms with van der Waals surface area (Å²) in [6, 6.07) is 5.06. The van der Waals surface area contributed by atoms with Crippen LogP contribution < -0.4 is 4.90 Å². The van der Waals surface area contributed by atoms with E-state index in [1.54, 1.807) is 25.3 Å². The molecule has 1 fully saturated rings. The Labute approximate surface area is 106 Å². The van der Waals surface area contributed by atoms with Crippen molar-refractivity contribution in [2.45, 2.75) is 12.7 Å². The second-order valence-electron chi connectivity index (χ2n) is 4.30. The van der Waals surface area contributed by atoms with Crippen LogP contribution in [-0.4, -0.2) is 44.6 Å². The van der Waals surface area contributed by atoms with Crippen molar-refractivity contribution in [1.82, 2.24) is 0 Å². The standard InChI is InChI=1S/C13H18FNO3/c1-17-5-6-18-11-7-15(8-11)12-4-2-3-10(9-16)13(12)14/h2-4,11,16H,5-9H2,1H3. The maximum Gasteiger partial charge on any atom is 0.151 e. The molecule has 1 aliphatic heterocycles. The molecule has 0 radical (unpaired) electrons. The van der Waals surface area contributed by atoms with Gasteiger partial charge in [-0.05, 0) is 6.07 Å². The van der Waals surface area contributed by atoms with Gasteiger partial charge in [-0.25, -0.2) is 4.39 Å². The Morgan fingerprint density at radius 1 is 1.39 bits per heavy atom. The summed E-state index contributed by atoms with van der Waals surface area (Å²) in [6.07, 6.45) is 0.136. The zero-order valence-corrected chi connectivity index (χ0v) is 10.4. The van der Waals surface area contributed by atoms with E-state index in [0.717, 1.165) is 0 Å². The van der Waals surface area contributed by atoms with Crippen molar-refractivity contribution in [3.63, 3.8) is 0 Å². The summed E-state index contributed by atoms with van der Waals surface area (Å²) in [5, 5.41) is 9.01. The zero-order chi connectivity index (χ0) is 13.0. The van der Waals surface area contributed by atoms with Crippen LogP contribution in [-0.2, 0) is 16.1 Å². The van der Waals surface area contributed by atoms with Gasteiger partial charge in [0, 0.05) is 25.8 Å². The number of nitrogens with zero attached hydrogens (tertiary/aromatic N) is 1. The summed E-state index contributed by atoms with van der Waals surface area (Å²) in [7, 11) is 1.63. The summed E-state index contributed by atoms with van der Waals surface area (Å²) < 4.78 is 24.3. The molecule has 1 saturated heterocycles. The predicted molar refractivity (Wildman–Crippen MR) is 66.2 cm³/mol. The first-order chi connectivity index (χ1) is 8.76. The Hall–Kier alpha value is -1.17. The Balaban J connectivity index is 1.88. The molecule has 0 aromatic heterocycles. The molecule has 4 nitrogen and oxygen atoms in total. The summed E-state index contributed by atoms with van der Waals surface area (Å²) in [5.74, 6) is -0.338. The quantitative estimate of drug-likeness (QED) is 0.775. The molecule has 100 valence electrons. The van der Waals surface area contributed by atoms with Crippen molar-refractivity contribution in [2.75, 3.05) is 38.3 Å². The fourth-order valence-electron chi connectivity index (χ4n) is 1.97. The molecule has 0 unspecified atom stereocenters. The van der Waals surface area contributed by atoms with Gasteiger partial charge < -0.3 is 19.5 Å². The van der Waals surface area contributed by atoms with Gasteiger partial charge in [-0.2, -0.15) is 0 Å². The lowest BCUT2D eigenvalue weighted by molar-refractivity contribution is 0.00380. The number of aliphatic hydroxyl groups excluding tert-OH is 1. The Morgan fingerprint density at radius 2 is 2.17 bits per heavy atom. The van der Waals surface area contributed by atoms with Crippen LogP contribution in [0.4, 0.5) is 10.1 Å². The van der Waals surface area contributed by atoms with Gasteiger partial charge in [-0.15, -0.1) is 0 Å². The number of rotatable bonds is 6. The lowest BCUT2D eigenvalue weighted by atomic mass is 10.1. The first-order valence-corrected chi connectivity index (χ1v) is 6.00. The molecule has 0 spiro atoms. The van der Waals surface area contributed by atoms with Gasteiger partial charge in [0.2, 0.25) is 0 Å². The van der Waals surface area contributed by atoms with Gasteiger partial charge in [0.1, 0.15) is 0 Å². The van der Waals surface area contributed by atoms with Crippen molar-refractivity contribution in [1.29, 1.82) is 0 Å². The van der Waals surface area contributed by atoms with Crippen LogP contribution in [0.5, 0.6) is 0 Å². The van der Waals surface area contributed by atoms with Crippen LogP contribution in [0.3, 0.4) is 0 Å². The second kappa shape index (κ2) is 6.13. The summed E-state index contributed by atoms with van der Waals surface area (Å²) in [6.45, 7) is 2.21. The van der Waals surface area contributed by atoms with E-state index in [4.69, 9.17) is 14.6 Å². The van der Waals surface area contributed by atoms with E-state index in [-0.39, 0.29) is 18.5 Å². The predicted octanol–water partition coefficient (Wildman–Crippen LogP) is 1.17. The molecule has 5 heteroatoms. The fraction of sp³-hybridized carbons (Fsp3) is 0.538. The van der Waals surface area contributed by atoms with Crippen molar-refractivity contribution in [3.05, 3.63) is 29.6 Å². The maximum absolute atomic E-state index is 13.9. The van der Waals surface area contributed by atoms with Gasteiger partial charge >= 0.3 is 0 Å². The molecule has 1 heterocycles. The number of anilines is 1. The number of ether oxygens (including phenoxy) is 2. The highest BCUT2D eigenvalue weighted by atomic mass is 19.1. The molecular formula is C13H18FNO3. The molecular weight excluding hydrogens is 237 g/mol. The van der Waals surface area contributed by atoms with Crippen molar-refractivity contribution >= 4 is 5.69 Å². The Bertz CT molecular complexity index is 394. The Kier molecular flexibility index (Phi) is 4.52. The number of aliphatic hydroxyl groups is 1. The van der Waals surface area contributed by atoms with E-state index in [0.29, 0.717) is 37.6 Å².